The molecule has 0 spiro atoms. The molecule has 1 atom stereocenters. The SMILES string of the molecule is CC(Cc1ccccc1)Nc1ccnc(C(=O)O)c1. The molecule has 0 saturated heterocycles. The quantitative estimate of drug-likeness (QED) is 0.863. The number of aromatic carboxylic acids is 1. The maximum atomic E-state index is 10.8. The molecule has 0 radical (unpaired) electrons. The third kappa shape index (κ3) is 3.81. The van der Waals surface area contributed by atoms with Crippen LogP contribution < -0.4 is 5.32 Å². The highest BCUT2D eigenvalue weighted by atomic mass is 16.4. The van der Waals surface area contributed by atoms with Gasteiger partial charge in [0, 0.05) is 17.9 Å². The largest absolute Gasteiger partial charge is 0.477 e. The zero-order valence-electron chi connectivity index (χ0n) is 10.7. The zero-order valence-corrected chi connectivity index (χ0v) is 10.7. The number of nitrogens with zero attached hydrogens (tertiary/aromatic N) is 1. The van der Waals surface area contributed by atoms with Gasteiger partial charge in [-0.05, 0) is 31.0 Å². The second-order valence-electron chi connectivity index (χ2n) is 4.47. The number of pyridine rings is 1. The molecule has 2 N–H and O–H groups in total. The molecule has 4 heteroatoms. The number of carboxylic acid groups (broad SMARTS) is 1. The van der Waals surface area contributed by atoms with Gasteiger partial charge in [0.15, 0.2) is 0 Å². The second kappa shape index (κ2) is 6.00. The molecular formula is C15H16N2O2. The predicted molar refractivity (Wildman–Crippen MR) is 74.4 cm³/mol. The molecule has 0 aliphatic carbocycles. The van der Waals surface area contributed by atoms with Crippen molar-refractivity contribution >= 4 is 11.7 Å². The Balaban J connectivity index is 2.01. The molecule has 2 rings (SSSR count). The molecule has 0 amide bonds. The van der Waals surface area contributed by atoms with Crippen molar-refractivity contribution in [3.63, 3.8) is 0 Å². The Hall–Kier alpha value is -2.36. The molecule has 1 aromatic heterocycles. The zero-order chi connectivity index (χ0) is 13.7. The Morgan fingerprint density at radius 3 is 2.74 bits per heavy atom. The summed E-state index contributed by atoms with van der Waals surface area (Å²) in [4.78, 5) is 14.6. The van der Waals surface area contributed by atoms with Crippen LogP contribution in [0.5, 0.6) is 0 Å². The number of rotatable bonds is 5. The summed E-state index contributed by atoms with van der Waals surface area (Å²) < 4.78 is 0. The normalized spacial score (nSPS) is 11.8. The maximum absolute atomic E-state index is 10.8. The van der Waals surface area contributed by atoms with E-state index in [2.05, 4.69) is 29.4 Å². The van der Waals surface area contributed by atoms with Crippen molar-refractivity contribution in [2.24, 2.45) is 0 Å². The minimum absolute atomic E-state index is 0.0527. The molecule has 4 nitrogen and oxygen atoms in total. The number of nitrogens with one attached hydrogen (secondary N) is 1. The van der Waals surface area contributed by atoms with Crippen molar-refractivity contribution in [3.05, 3.63) is 59.9 Å². The summed E-state index contributed by atoms with van der Waals surface area (Å²) in [6.07, 6.45) is 2.38. The van der Waals surface area contributed by atoms with E-state index in [1.54, 1.807) is 12.1 Å². The van der Waals surface area contributed by atoms with Crippen molar-refractivity contribution in [2.45, 2.75) is 19.4 Å². The van der Waals surface area contributed by atoms with Crippen LogP contribution in [0.1, 0.15) is 23.0 Å². The number of anilines is 1. The molecule has 1 heterocycles. The van der Waals surface area contributed by atoms with Gasteiger partial charge in [0.1, 0.15) is 5.69 Å². The number of hydrogen-bond acceptors (Lipinski definition) is 3. The lowest BCUT2D eigenvalue weighted by molar-refractivity contribution is 0.0690. The van der Waals surface area contributed by atoms with Crippen LogP contribution in [0, 0.1) is 0 Å². The molecular weight excluding hydrogens is 240 g/mol. The number of carboxylic acids is 1. The topological polar surface area (TPSA) is 62.2 Å². The minimum Gasteiger partial charge on any atom is -0.477 e. The molecule has 0 aliphatic rings. The van der Waals surface area contributed by atoms with Crippen LogP contribution in [-0.2, 0) is 6.42 Å². The summed E-state index contributed by atoms with van der Waals surface area (Å²) in [5.74, 6) is -1.01. The first kappa shape index (κ1) is 13.1. The third-order valence-electron chi connectivity index (χ3n) is 2.78. The lowest BCUT2D eigenvalue weighted by atomic mass is 10.1. The van der Waals surface area contributed by atoms with Crippen LogP contribution in [0.3, 0.4) is 0 Å². The van der Waals surface area contributed by atoms with Gasteiger partial charge in [-0.25, -0.2) is 9.78 Å². The molecule has 2 aromatic rings. The first-order valence-corrected chi connectivity index (χ1v) is 6.15. The summed E-state index contributed by atoms with van der Waals surface area (Å²) in [7, 11) is 0. The van der Waals surface area contributed by atoms with E-state index in [1.807, 2.05) is 18.2 Å². The van der Waals surface area contributed by atoms with Gasteiger partial charge in [0.25, 0.3) is 0 Å². The fraction of sp³-hybridized carbons (Fsp3) is 0.200. The van der Waals surface area contributed by atoms with Crippen LogP contribution in [-0.4, -0.2) is 22.1 Å². The van der Waals surface area contributed by atoms with E-state index in [4.69, 9.17) is 5.11 Å². The smallest absolute Gasteiger partial charge is 0.354 e. The van der Waals surface area contributed by atoms with Gasteiger partial charge >= 0.3 is 5.97 Å². The van der Waals surface area contributed by atoms with E-state index >= 15 is 0 Å². The standard InChI is InChI=1S/C15H16N2O2/c1-11(9-12-5-3-2-4-6-12)17-13-7-8-16-14(10-13)15(18)19/h2-8,10-11H,9H2,1H3,(H,16,17)(H,18,19). The average molecular weight is 256 g/mol. The molecule has 19 heavy (non-hydrogen) atoms. The Kier molecular flexibility index (Phi) is 4.13. The highest BCUT2D eigenvalue weighted by Gasteiger charge is 2.07. The molecule has 1 aromatic carbocycles. The van der Waals surface area contributed by atoms with Crippen LogP contribution in [0.25, 0.3) is 0 Å². The molecule has 0 fully saturated rings. The van der Waals surface area contributed by atoms with Gasteiger partial charge < -0.3 is 10.4 Å². The van der Waals surface area contributed by atoms with E-state index in [0.717, 1.165) is 12.1 Å². The lowest BCUT2D eigenvalue weighted by Crippen LogP contribution is -2.18. The summed E-state index contributed by atoms with van der Waals surface area (Å²) in [6, 6.07) is 13.7. The summed E-state index contributed by atoms with van der Waals surface area (Å²) >= 11 is 0. The van der Waals surface area contributed by atoms with Crippen molar-refractivity contribution in [1.82, 2.24) is 4.98 Å². The number of carbonyl (C=O) groups is 1. The Morgan fingerprint density at radius 2 is 2.05 bits per heavy atom. The van der Waals surface area contributed by atoms with Crippen molar-refractivity contribution in [3.8, 4) is 0 Å². The Labute approximate surface area is 112 Å². The lowest BCUT2D eigenvalue weighted by Gasteiger charge is -2.15. The van der Waals surface area contributed by atoms with E-state index in [0.29, 0.717) is 0 Å². The van der Waals surface area contributed by atoms with Gasteiger partial charge in [-0.15, -0.1) is 0 Å². The first-order valence-electron chi connectivity index (χ1n) is 6.15. The highest BCUT2D eigenvalue weighted by Crippen LogP contribution is 2.12. The van der Waals surface area contributed by atoms with E-state index in [-0.39, 0.29) is 11.7 Å². The van der Waals surface area contributed by atoms with E-state index in [1.165, 1.54) is 11.8 Å². The predicted octanol–water partition coefficient (Wildman–Crippen LogP) is 2.82. The maximum Gasteiger partial charge on any atom is 0.354 e. The summed E-state index contributed by atoms with van der Waals surface area (Å²) in [6.45, 7) is 2.06. The van der Waals surface area contributed by atoms with Gasteiger partial charge in [-0.2, -0.15) is 0 Å². The number of benzene rings is 1. The van der Waals surface area contributed by atoms with Gasteiger partial charge in [-0.3, -0.25) is 0 Å². The first-order chi connectivity index (χ1) is 9.15. The number of hydrogen-bond donors (Lipinski definition) is 2. The summed E-state index contributed by atoms with van der Waals surface area (Å²) in [5.41, 5.74) is 2.07. The Morgan fingerprint density at radius 1 is 1.32 bits per heavy atom. The minimum atomic E-state index is -1.01. The second-order valence-corrected chi connectivity index (χ2v) is 4.47. The van der Waals surface area contributed by atoms with Crippen LogP contribution in [0.4, 0.5) is 5.69 Å². The summed E-state index contributed by atoms with van der Waals surface area (Å²) in [5, 5.41) is 12.2. The van der Waals surface area contributed by atoms with Crippen LogP contribution in [0.15, 0.2) is 48.7 Å². The van der Waals surface area contributed by atoms with Crippen LogP contribution in [0.2, 0.25) is 0 Å². The fourth-order valence-electron chi connectivity index (χ4n) is 1.94. The van der Waals surface area contributed by atoms with Crippen molar-refractivity contribution in [1.29, 1.82) is 0 Å². The van der Waals surface area contributed by atoms with Gasteiger partial charge in [-0.1, -0.05) is 30.3 Å². The van der Waals surface area contributed by atoms with E-state index < -0.39 is 5.97 Å². The van der Waals surface area contributed by atoms with Crippen molar-refractivity contribution < 1.29 is 9.90 Å². The molecule has 0 saturated carbocycles. The highest BCUT2D eigenvalue weighted by molar-refractivity contribution is 5.86. The monoisotopic (exact) mass is 256 g/mol. The van der Waals surface area contributed by atoms with Crippen LogP contribution >= 0.6 is 0 Å². The molecule has 0 bridgehead atoms. The molecule has 1 unspecified atom stereocenters. The molecule has 0 aliphatic heterocycles. The third-order valence-corrected chi connectivity index (χ3v) is 2.78. The van der Waals surface area contributed by atoms with Gasteiger partial charge in [0.2, 0.25) is 0 Å². The Bertz CT molecular complexity index is 555. The average Bonchev–Trinajstić information content (AvgIpc) is 2.40. The van der Waals surface area contributed by atoms with Crippen molar-refractivity contribution in [2.75, 3.05) is 5.32 Å². The molecule has 98 valence electrons. The van der Waals surface area contributed by atoms with Gasteiger partial charge in [0.05, 0.1) is 0 Å². The number of aromatic nitrogens is 1. The van der Waals surface area contributed by atoms with E-state index in [9.17, 15) is 4.79 Å². The fourth-order valence-corrected chi connectivity index (χ4v) is 1.94.